The zero-order chi connectivity index (χ0) is 18.5. The molecule has 0 radical (unpaired) electrons. The molecule has 26 heavy (non-hydrogen) atoms. The van der Waals surface area contributed by atoms with Crippen LogP contribution in [0.5, 0.6) is 0 Å². The molecule has 1 N–H and O–H groups in total. The minimum atomic E-state index is -0.275. The molecule has 134 valence electrons. The quantitative estimate of drug-likeness (QED) is 0.679. The summed E-state index contributed by atoms with van der Waals surface area (Å²) in [6.07, 6.45) is 4.65. The van der Waals surface area contributed by atoms with E-state index in [1.165, 1.54) is 23.7 Å². The van der Waals surface area contributed by atoms with Gasteiger partial charge in [-0.1, -0.05) is 12.1 Å². The Morgan fingerprint density at radius 1 is 1.19 bits per heavy atom. The van der Waals surface area contributed by atoms with Gasteiger partial charge in [0.25, 0.3) is 5.56 Å². The number of benzene rings is 1. The van der Waals surface area contributed by atoms with Gasteiger partial charge < -0.3 is 14.3 Å². The number of anilines is 1. The molecule has 5 nitrogen and oxygen atoms in total. The van der Waals surface area contributed by atoms with Gasteiger partial charge in [0, 0.05) is 24.9 Å². The van der Waals surface area contributed by atoms with E-state index in [-0.39, 0.29) is 17.1 Å². The Kier molecular flexibility index (Phi) is 5.53. The zero-order valence-corrected chi connectivity index (χ0v) is 15.5. The highest BCUT2D eigenvalue weighted by atomic mass is 32.1. The number of nitrogens with zero attached hydrogens (tertiary/aromatic N) is 1. The molecule has 6 heteroatoms. The summed E-state index contributed by atoms with van der Waals surface area (Å²) in [7, 11) is 0. The number of nitrogens with one attached hydrogen (secondary N) is 1. The van der Waals surface area contributed by atoms with E-state index in [1.54, 1.807) is 12.1 Å². The van der Waals surface area contributed by atoms with Crippen LogP contribution in [0.1, 0.15) is 30.0 Å². The third-order valence-corrected chi connectivity index (χ3v) is 4.99. The second kappa shape index (κ2) is 8.01. The number of hydrogen-bond donors (Lipinski definition) is 1. The summed E-state index contributed by atoms with van der Waals surface area (Å²) in [6.45, 7) is 6.15. The molecule has 0 bridgehead atoms. The number of aromatic amines is 1. The van der Waals surface area contributed by atoms with Gasteiger partial charge in [-0.15, -0.1) is 11.3 Å². The van der Waals surface area contributed by atoms with Gasteiger partial charge in [0.15, 0.2) is 5.76 Å². The van der Waals surface area contributed by atoms with E-state index in [1.807, 2.05) is 30.3 Å². The van der Waals surface area contributed by atoms with Crippen molar-refractivity contribution in [2.45, 2.75) is 13.8 Å². The second-order valence-electron chi connectivity index (χ2n) is 5.68. The monoisotopic (exact) mass is 368 g/mol. The molecule has 0 aliphatic carbocycles. The first kappa shape index (κ1) is 17.9. The minimum absolute atomic E-state index is 0.207. The Bertz CT molecular complexity index is 1040. The fourth-order valence-electron chi connectivity index (χ4n) is 2.65. The molecule has 2 heterocycles. The largest absolute Gasteiger partial charge is 0.461 e. The van der Waals surface area contributed by atoms with Crippen molar-refractivity contribution in [2.24, 2.45) is 0 Å². The van der Waals surface area contributed by atoms with Crippen molar-refractivity contribution < 1.29 is 9.21 Å². The van der Waals surface area contributed by atoms with Gasteiger partial charge in [-0.2, -0.15) is 0 Å². The zero-order valence-electron chi connectivity index (χ0n) is 14.7. The van der Waals surface area contributed by atoms with E-state index in [9.17, 15) is 9.59 Å². The number of ketones is 1. The minimum Gasteiger partial charge on any atom is -0.461 e. The Morgan fingerprint density at radius 2 is 1.92 bits per heavy atom. The predicted octanol–water partition coefficient (Wildman–Crippen LogP) is 2.37. The summed E-state index contributed by atoms with van der Waals surface area (Å²) >= 11 is 1.25. The summed E-state index contributed by atoms with van der Waals surface area (Å²) in [5.41, 5.74) is 1.89. The van der Waals surface area contributed by atoms with Gasteiger partial charge in [-0.3, -0.25) is 9.59 Å². The number of carbonyl (C=O) groups excluding carboxylic acids is 1. The lowest BCUT2D eigenvalue weighted by Gasteiger charge is -2.20. The SMILES string of the molecule is CCN(CC)c1ccc(/C=c2\s/c(=C\C(=O)c3ccco3)[nH]c2=O)cc1. The van der Waals surface area contributed by atoms with Gasteiger partial charge >= 0.3 is 0 Å². The van der Waals surface area contributed by atoms with Crippen LogP contribution in [0.4, 0.5) is 5.69 Å². The van der Waals surface area contributed by atoms with Gasteiger partial charge in [0.1, 0.15) is 0 Å². The molecule has 1 aromatic carbocycles. The molecule has 0 atom stereocenters. The highest BCUT2D eigenvalue weighted by Crippen LogP contribution is 2.15. The van der Waals surface area contributed by atoms with E-state index in [0.29, 0.717) is 9.20 Å². The summed E-state index contributed by atoms with van der Waals surface area (Å²) in [4.78, 5) is 29.1. The molecule has 0 saturated heterocycles. The number of hydrogen-bond acceptors (Lipinski definition) is 5. The first-order valence-electron chi connectivity index (χ1n) is 8.46. The maximum absolute atomic E-state index is 12.1. The van der Waals surface area contributed by atoms with Crippen LogP contribution in [0.15, 0.2) is 51.9 Å². The molecule has 2 aromatic heterocycles. The van der Waals surface area contributed by atoms with E-state index in [0.717, 1.165) is 24.3 Å². The van der Waals surface area contributed by atoms with Gasteiger partial charge in [-0.25, -0.2) is 0 Å². The van der Waals surface area contributed by atoms with E-state index in [2.05, 4.69) is 23.7 Å². The number of carbonyl (C=O) groups is 1. The number of thiazole rings is 1. The van der Waals surface area contributed by atoms with E-state index in [4.69, 9.17) is 4.42 Å². The maximum atomic E-state index is 12.1. The molecule has 0 spiro atoms. The summed E-state index contributed by atoms with van der Waals surface area (Å²) in [5, 5.41) is 0. The molecule has 0 fully saturated rings. The second-order valence-corrected chi connectivity index (χ2v) is 6.76. The molecule has 0 amide bonds. The number of aromatic nitrogens is 1. The lowest BCUT2D eigenvalue weighted by molar-refractivity contribution is 0.103. The Labute approximate surface area is 154 Å². The first-order valence-corrected chi connectivity index (χ1v) is 9.27. The Balaban J connectivity index is 1.89. The number of furan rings is 1. The van der Waals surface area contributed by atoms with E-state index >= 15 is 0 Å². The fourth-order valence-corrected chi connectivity index (χ4v) is 3.54. The van der Waals surface area contributed by atoms with Gasteiger partial charge in [-0.05, 0) is 49.8 Å². The molecule has 3 rings (SSSR count). The topological polar surface area (TPSA) is 66.3 Å². The van der Waals surface area contributed by atoms with Crippen molar-refractivity contribution in [2.75, 3.05) is 18.0 Å². The highest BCUT2D eigenvalue weighted by molar-refractivity contribution is 7.07. The number of Topliss-reactive ketones (excluding diaryl/α,β-unsaturated/α-hetero) is 1. The predicted molar refractivity (Wildman–Crippen MR) is 105 cm³/mol. The molecule has 0 unspecified atom stereocenters. The van der Waals surface area contributed by atoms with Crippen LogP contribution in [0.3, 0.4) is 0 Å². The van der Waals surface area contributed by atoms with Crippen LogP contribution >= 0.6 is 11.3 Å². The lowest BCUT2D eigenvalue weighted by Crippen LogP contribution is -2.21. The fraction of sp³-hybridized carbons (Fsp3) is 0.200. The van der Waals surface area contributed by atoms with E-state index < -0.39 is 0 Å². The van der Waals surface area contributed by atoms with Crippen LogP contribution in [0.25, 0.3) is 12.2 Å². The highest BCUT2D eigenvalue weighted by Gasteiger charge is 2.06. The maximum Gasteiger partial charge on any atom is 0.266 e. The summed E-state index contributed by atoms with van der Waals surface area (Å²) in [5.74, 6) is -0.0283. The summed E-state index contributed by atoms with van der Waals surface area (Å²) in [6, 6.07) is 11.3. The normalized spacial score (nSPS) is 12.5. The van der Waals surface area contributed by atoms with Crippen LogP contribution in [-0.4, -0.2) is 23.9 Å². The van der Waals surface area contributed by atoms with Gasteiger partial charge in [0.05, 0.1) is 15.5 Å². The summed E-state index contributed by atoms with van der Waals surface area (Å²) < 4.78 is 6.13. The molecular weight excluding hydrogens is 348 g/mol. The van der Waals surface area contributed by atoms with Crippen molar-refractivity contribution in [3.8, 4) is 0 Å². The smallest absolute Gasteiger partial charge is 0.266 e. The van der Waals surface area contributed by atoms with Gasteiger partial charge in [0.2, 0.25) is 5.78 Å². The van der Waals surface area contributed by atoms with Crippen molar-refractivity contribution in [3.05, 3.63) is 73.5 Å². The number of rotatable bonds is 6. The first-order chi connectivity index (χ1) is 12.6. The lowest BCUT2D eigenvalue weighted by atomic mass is 10.2. The molecule has 0 aliphatic rings. The van der Waals surface area contributed by atoms with Crippen molar-refractivity contribution >= 4 is 35.0 Å². The standard InChI is InChI=1S/C20H20N2O3S/c1-3-22(4-2)15-9-7-14(8-10-15)12-18-20(24)21-19(26-18)13-16(23)17-6-5-11-25-17/h5-13H,3-4H2,1-2H3,(H,21,24)/b18-12-,19-13-. The van der Waals surface area contributed by atoms with Crippen molar-refractivity contribution in [3.63, 3.8) is 0 Å². The molecule has 3 aromatic rings. The van der Waals surface area contributed by atoms with Crippen molar-refractivity contribution in [1.82, 2.24) is 4.98 Å². The van der Waals surface area contributed by atoms with Crippen LogP contribution in [0, 0.1) is 0 Å². The molecule has 0 saturated carbocycles. The molecule has 0 aliphatic heterocycles. The number of H-pyrrole nitrogens is 1. The Morgan fingerprint density at radius 3 is 2.54 bits per heavy atom. The average molecular weight is 368 g/mol. The van der Waals surface area contributed by atoms with Crippen LogP contribution in [0.2, 0.25) is 0 Å². The Hall–Kier alpha value is -2.86. The average Bonchev–Trinajstić information content (AvgIpc) is 3.28. The third kappa shape index (κ3) is 4.03. The molecular formula is C20H20N2O3S. The van der Waals surface area contributed by atoms with Crippen LogP contribution in [-0.2, 0) is 0 Å². The van der Waals surface area contributed by atoms with Crippen LogP contribution < -0.4 is 19.7 Å². The third-order valence-electron chi connectivity index (χ3n) is 4.03. The van der Waals surface area contributed by atoms with Crippen molar-refractivity contribution in [1.29, 1.82) is 0 Å².